The van der Waals surface area contributed by atoms with E-state index in [1.54, 1.807) is 11.9 Å². The Hall–Kier alpha value is -2.46. The summed E-state index contributed by atoms with van der Waals surface area (Å²) in [4.78, 5) is 2.21. The van der Waals surface area contributed by atoms with E-state index in [9.17, 15) is 0 Å². The van der Waals surface area contributed by atoms with Crippen LogP contribution in [0.1, 0.15) is 5.56 Å². The summed E-state index contributed by atoms with van der Waals surface area (Å²) >= 11 is 1.63. The van der Waals surface area contributed by atoms with Crippen LogP contribution in [0, 0.1) is 0 Å². The number of hydrogen-bond donors (Lipinski definition) is 0. The van der Waals surface area contributed by atoms with E-state index >= 15 is 0 Å². The Morgan fingerprint density at radius 2 is 1.74 bits per heavy atom. The summed E-state index contributed by atoms with van der Waals surface area (Å²) in [7, 11) is 0. The molecule has 0 N–H and O–H groups in total. The van der Waals surface area contributed by atoms with Gasteiger partial charge in [0.15, 0.2) is 0 Å². The average molecular weight is 320 g/mol. The van der Waals surface area contributed by atoms with Gasteiger partial charge in [-0.25, -0.2) is 0 Å². The van der Waals surface area contributed by atoms with E-state index in [0.29, 0.717) is 0 Å². The maximum atomic E-state index is 5.85. The van der Waals surface area contributed by atoms with Crippen molar-refractivity contribution in [3.05, 3.63) is 78.5 Å². The van der Waals surface area contributed by atoms with Crippen LogP contribution in [-0.2, 0) is 0 Å². The molecule has 0 atom stereocenters. The number of fused-ring (bicyclic) bond motifs is 1. The molecule has 0 saturated carbocycles. The minimum atomic E-state index is 0.837. The number of para-hydroxylation sites is 1. The first-order valence-electron chi connectivity index (χ1n) is 7.59. The number of hydrogen-bond acceptors (Lipinski definition) is 4. The van der Waals surface area contributed by atoms with Crippen molar-refractivity contribution >= 4 is 23.4 Å². The Kier molecular flexibility index (Phi) is 3.90. The monoisotopic (exact) mass is 320 g/mol. The van der Waals surface area contributed by atoms with Gasteiger partial charge in [-0.3, -0.25) is 0 Å². The fourth-order valence-corrected chi connectivity index (χ4v) is 3.32. The first kappa shape index (κ1) is 14.2. The second kappa shape index (κ2) is 6.34. The molecule has 2 heterocycles. The molecule has 0 amide bonds. The number of allylic oxidation sites excluding steroid dienone is 2. The van der Waals surface area contributed by atoms with Gasteiger partial charge in [-0.1, -0.05) is 30.3 Å². The highest BCUT2D eigenvalue weighted by molar-refractivity contribution is 7.98. The molecule has 0 radical (unpaired) electrons. The predicted molar refractivity (Wildman–Crippen MR) is 96.7 cm³/mol. The van der Waals surface area contributed by atoms with Gasteiger partial charge in [0.2, 0.25) is 0 Å². The van der Waals surface area contributed by atoms with Crippen LogP contribution in [0.5, 0.6) is 11.5 Å². The Labute approximate surface area is 140 Å². The van der Waals surface area contributed by atoms with Gasteiger partial charge in [-0.05, 0) is 53.9 Å². The Balaban J connectivity index is 1.57. The molecule has 2 aliphatic heterocycles. The van der Waals surface area contributed by atoms with Crippen LogP contribution < -0.4 is 4.74 Å². The van der Waals surface area contributed by atoms with E-state index in [-0.39, 0.29) is 0 Å². The number of benzene rings is 2. The molecule has 3 nitrogen and oxygen atoms in total. The maximum Gasteiger partial charge on any atom is 0.148 e. The van der Waals surface area contributed by atoms with Gasteiger partial charge in [-0.15, -0.1) is 0 Å². The third kappa shape index (κ3) is 3.03. The third-order valence-corrected chi connectivity index (χ3v) is 4.43. The molecule has 0 aromatic heterocycles. The molecule has 23 heavy (non-hydrogen) atoms. The SMILES string of the molecule is C1=CN2CCSN=C2C(c2ccc(Oc3ccccc3)cc2)=C1. The van der Waals surface area contributed by atoms with E-state index in [4.69, 9.17) is 4.74 Å². The number of rotatable bonds is 3. The smallest absolute Gasteiger partial charge is 0.148 e. The first-order valence-corrected chi connectivity index (χ1v) is 8.53. The van der Waals surface area contributed by atoms with Crippen molar-refractivity contribution in [2.24, 2.45) is 4.40 Å². The molecule has 0 spiro atoms. The van der Waals surface area contributed by atoms with E-state index in [2.05, 4.69) is 39.8 Å². The summed E-state index contributed by atoms with van der Waals surface area (Å²) in [5, 5.41) is 0. The lowest BCUT2D eigenvalue weighted by atomic mass is 10.0. The van der Waals surface area contributed by atoms with Crippen LogP contribution in [0.25, 0.3) is 5.57 Å². The van der Waals surface area contributed by atoms with E-state index in [1.165, 1.54) is 0 Å². The minimum absolute atomic E-state index is 0.837. The molecule has 4 rings (SSSR count). The lowest BCUT2D eigenvalue weighted by Gasteiger charge is -2.29. The van der Waals surface area contributed by atoms with Gasteiger partial charge in [0.25, 0.3) is 0 Å². The van der Waals surface area contributed by atoms with Gasteiger partial charge >= 0.3 is 0 Å². The first-order chi connectivity index (χ1) is 11.4. The average Bonchev–Trinajstić information content (AvgIpc) is 2.63. The summed E-state index contributed by atoms with van der Waals surface area (Å²) < 4.78 is 10.5. The van der Waals surface area contributed by atoms with Gasteiger partial charge in [0.1, 0.15) is 17.3 Å². The lowest BCUT2D eigenvalue weighted by Crippen LogP contribution is -2.32. The highest BCUT2D eigenvalue weighted by Gasteiger charge is 2.21. The summed E-state index contributed by atoms with van der Waals surface area (Å²) in [6, 6.07) is 18.0. The Bertz CT molecular complexity index is 779. The second-order valence-electron chi connectivity index (χ2n) is 5.30. The molecule has 0 aliphatic carbocycles. The van der Waals surface area contributed by atoms with E-state index < -0.39 is 0 Å². The van der Waals surface area contributed by atoms with Crippen LogP contribution in [0.3, 0.4) is 0 Å². The molecule has 2 aromatic rings. The molecule has 0 fully saturated rings. The fraction of sp³-hybridized carbons (Fsp3) is 0.105. The normalized spacial score (nSPS) is 16.4. The third-order valence-electron chi connectivity index (χ3n) is 3.76. The van der Waals surface area contributed by atoms with Gasteiger partial charge < -0.3 is 9.64 Å². The minimum Gasteiger partial charge on any atom is -0.457 e. The zero-order valence-electron chi connectivity index (χ0n) is 12.6. The van der Waals surface area contributed by atoms with Crippen molar-refractivity contribution in [3.8, 4) is 11.5 Å². The van der Waals surface area contributed by atoms with Crippen LogP contribution in [0.15, 0.2) is 77.3 Å². The Morgan fingerprint density at radius 1 is 0.957 bits per heavy atom. The fourth-order valence-electron chi connectivity index (χ4n) is 2.62. The zero-order chi connectivity index (χ0) is 15.5. The summed E-state index contributed by atoms with van der Waals surface area (Å²) in [5.41, 5.74) is 2.31. The maximum absolute atomic E-state index is 5.85. The van der Waals surface area contributed by atoms with Gasteiger partial charge in [0, 0.05) is 24.1 Å². The summed E-state index contributed by atoms with van der Waals surface area (Å²) in [5.74, 6) is 3.76. The molecule has 2 aliphatic rings. The second-order valence-corrected chi connectivity index (χ2v) is 6.15. The van der Waals surface area contributed by atoms with Crippen molar-refractivity contribution in [2.45, 2.75) is 0 Å². The molecule has 0 unspecified atom stereocenters. The molecule has 0 bridgehead atoms. The van der Waals surface area contributed by atoms with Crippen LogP contribution >= 0.6 is 11.9 Å². The lowest BCUT2D eigenvalue weighted by molar-refractivity contribution is 0.482. The van der Waals surface area contributed by atoms with Crippen LogP contribution in [0.2, 0.25) is 0 Å². The van der Waals surface area contributed by atoms with Crippen molar-refractivity contribution in [3.63, 3.8) is 0 Å². The van der Waals surface area contributed by atoms with Crippen molar-refractivity contribution in [2.75, 3.05) is 12.3 Å². The highest BCUT2D eigenvalue weighted by atomic mass is 32.2. The van der Waals surface area contributed by atoms with Crippen LogP contribution in [0.4, 0.5) is 0 Å². The largest absolute Gasteiger partial charge is 0.457 e. The van der Waals surface area contributed by atoms with Gasteiger partial charge in [-0.2, -0.15) is 4.40 Å². The van der Waals surface area contributed by atoms with Crippen molar-refractivity contribution in [1.29, 1.82) is 0 Å². The predicted octanol–water partition coefficient (Wildman–Crippen LogP) is 4.75. The number of ether oxygens (including phenoxy) is 1. The molecular formula is C19H16N2OS. The summed E-state index contributed by atoms with van der Waals surface area (Å²) in [6.07, 6.45) is 6.29. The molecule has 4 heteroatoms. The number of amidine groups is 1. The highest BCUT2D eigenvalue weighted by Crippen LogP contribution is 2.29. The standard InChI is InChI=1S/C19H16N2OS/c1-2-5-16(6-3-1)22-17-10-8-15(9-11-17)18-7-4-12-21-13-14-23-20-19(18)21/h1-12H,13-14H2. The van der Waals surface area contributed by atoms with E-state index in [0.717, 1.165) is 40.8 Å². The zero-order valence-corrected chi connectivity index (χ0v) is 13.4. The summed E-state index contributed by atoms with van der Waals surface area (Å²) in [6.45, 7) is 1.01. The Morgan fingerprint density at radius 3 is 2.57 bits per heavy atom. The van der Waals surface area contributed by atoms with Gasteiger partial charge in [0.05, 0.1) is 0 Å². The van der Waals surface area contributed by atoms with Crippen molar-refractivity contribution < 1.29 is 4.74 Å². The van der Waals surface area contributed by atoms with Crippen LogP contribution in [-0.4, -0.2) is 23.0 Å². The van der Waals surface area contributed by atoms with E-state index in [1.807, 2.05) is 42.5 Å². The molecule has 0 saturated heterocycles. The molecule has 114 valence electrons. The molecular weight excluding hydrogens is 304 g/mol. The molecule has 2 aromatic carbocycles. The topological polar surface area (TPSA) is 24.8 Å². The quantitative estimate of drug-likeness (QED) is 0.763. The van der Waals surface area contributed by atoms with Crippen molar-refractivity contribution in [1.82, 2.24) is 4.90 Å². The number of nitrogens with zero attached hydrogens (tertiary/aromatic N) is 2.